The summed E-state index contributed by atoms with van der Waals surface area (Å²) in [6, 6.07) is 4.83. The Morgan fingerprint density at radius 2 is 2.00 bits per heavy atom. The largest absolute Gasteiger partial charge is 1.00 e. The van der Waals surface area contributed by atoms with Gasteiger partial charge in [-0.2, -0.15) is 0 Å². The van der Waals surface area contributed by atoms with Crippen LogP contribution < -0.4 is 34.7 Å². The molecule has 0 fully saturated rings. The van der Waals surface area contributed by atoms with Gasteiger partial charge in [-0.15, -0.1) is 0 Å². The van der Waals surface area contributed by atoms with E-state index in [4.69, 9.17) is 0 Å². The van der Waals surface area contributed by atoms with Gasteiger partial charge in [-0.3, -0.25) is 14.9 Å². The van der Waals surface area contributed by atoms with Crippen LogP contribution in [0, 0.1) is 10.1 Å². The van der Waals surface area contributed by atoms with Gasteiger partial charge in [0.2, 0.25) is 0 Å². The van der Waals surface area contributed by atoms with Crippen molar-refractivity contribution in [3.8, 4) is 0 Å². The van der Waals surface area contributed by atoms with Crippen molar-refractivity contribution in [2.75, 3.05) is 7.11 Å². The van der Waals surface area contributed by atoms with E-state index in [0.29, 0.717) is 6.08 Å². The van der Waals surface area contributed by atoms with E-state index in [1.165, 1.54) is 18.2 Å². The molecule has 19 heavy (non-hydrogen) atoms. The molecule has 8 heteroatoms. The molecule has 0 heterocycles. The third kappa shape index (κ3) is 4.82. The van der Waals surface area contributed by atoms with Crippen molar-refractivity contribution in [2.45, 2.75) is 0 Å². The van der Waals surface area contributed by atoms with Crippen molar-refractivity contribution in [1.82, 2.24) is 0 Å². The van der Waals surface area contributed by atoms with Crippen molar-refractivity contribution >= 4 is 23.2 Å². The maximum absolute atomic E-state index is 11.5. The molecule has 0 spiro atoms. The minimum atomic E-state index is -1.17. The molecule has 0 N–H and O–H groups in total. The van der Waals surface area contributed by atoms with Crippen molar-refractivity contribution < 1.29 is 53.9 Å². The van der Waals surface area contributed by atoms with E-state index in [9.17, 15) is 24.8 Å². The van der Waals surface area contributed by atoms with Gasteiger partial charge in [0.05, 0.1) is 12.0 Å². The van der Waals surface area contributed by atoms with Crippen LogP contribution in [-0.2, 0) is 14.3 Å². The van der Waals surface area contributed by atoms with E-state index in [1.54, 1.807) is 0 Å². The minimum absolute atomic E-state index is 0. The van der Waals surface area contributed by atoms with Crippen LogP contribution in [0.3, 0.4) is 0 Å². The fraction of sp³-hybridized carbons (Fsp3) is 0.0909. The monoisotopic (exact) mass is 273 g/mol. The van der Waals surface area contributed by atoms with Gasteiger partial charge in [0.1, 0.15) is 0 Å². The number of esters is 1. The van der Waals surface area contributed by atoms with Crippen molar-refractivity contribution in [1.29, 1.82) is 0 Å². The Hall–Kier alpha value is -1.70. The Labute approximate surface area is 130 Å². The predicted octanol–water partition coefficient (Wildman–Crippen LogP) is -2.96. The van der Waals surface area contributed by atoms with Gasteiger partial charge in [-0.25, -0.2) is 4.79 Å². The summed E-state index contributed by atoms with van der Waals surface area (Å²) >= 11 is 0. The number of nitrogens with zero attached hydrogens (tertiary/aromatic N) is 1. The summed E-state index contributed by atoms with van der Waals surface area (Å²) in [4.78, 5) is 31.7. The molecule has 0 saturated carbocycles. The van der Waals surface area contributed by atoms with Crippen LogP contribution in [0.2, 0.25) is 0 Å². The van der Waals surface area contributed by atoms with Crippen LogP contribution in [0.1, 0.15) is 5.56 Å². The standard InChI is InChI=1S/C11H9NO6.Na/c1-18-11(15)10(14)6-9(13)7-3-2-4-8(5-7)12(16)17;/h2-6,13H,1H3;/q;+1/p-1/b9-6-;. The van der Waals surface area contributed by atoms with Crippen LogP contribution in [0.15, 0.2) is 30.3 Å². The number of nitro groups is 1. The number of rotatable bonds is 4. The molecule has 0 unspecified atom stereocenters. The summed E-state index contributed by atoms with van der Waals surface area (Å²) in [5, 5.41) is 22.0. The number of methoxy groups -OCH3 is 1. The molecule has 94 valence electrons. The molecule has 0 aromatic heterocycles. The molecule has 0 aliphatic heterocycles. The number of ketones is 1. The second-order valence-electron chi connectivity index (χ2n) is 3.17. The third-order valence-electron chi connectivity index (χ3n) is 1.99. The zero-order valence-electron chi connectivity index (χ0n) is 10.3. The van der Waals surface area contributed by atoms with E-state index in [0.717, 1.165) is 13.2 Å². The number of hydrogen-bond donors (Lipinski definition) is 0. The second kappa shape index (κ2) is 7.67. The molecule has 0 aliphatic rings. The molecule has 1 aromatic rings. The summed E-state index contributed by atoms with van der Waals surface area (Å²) in [6.07, 6.45) is 0.533. The topological polar surface area (TPSA) is 110 Å². The molecule has 1 rings (SSSR count). The first-order valence-corrected chi connectivity index (χ1v) is 4.71. The minimum Gasteiger partial charge on any atom is -0.872 e. The van der Waals surface area contributed by atoms with E-state index >= 15 is 0 Å². The van der Waals surface area contributed by atoms with Gasteiger partial charge in [0.25, 0.3) is 11.5 Å². The van der Waals surface area contributed by atoms with Crippen molar-refractivity contribution in [3.63, 3.8) is 0 Å². The van der Waals surface area contributed by atoms with Crippen LogP contribution >= 0.6 is 0 Å². The molecule has 0 saturated heterocycles. The average Bonchev–Trinajstić information content (AvgIpc) is 2.37. The van der Waals surface area contributed by atoms with Crippen LogP contribution in [0.25, 0.3) is 5.76 Å². The van der Waals surface area contributed by atoms with Crippen molar-refractivity contribution in [3.05, 3.63) is 46.0 Å². The molecule has 7 nitrogen and oxygen atoms in total. The van der Waals surface area contributed by atoms with Gasteiger partial charge in [0, 0.05) is 12.1 Å². The number of non-ortho nitro benzene ring substituents is 1. The van der Waals surface area contributed by atoms with Crippen LogP contribution in [0.4, 0.5) is 5.69 Å². The number of carbonyl (C=O) groups excluding carboxylic acids is 2. The fourth-order valence-electron chi connectivity index (χ4n) is 1.13. The van der Waals surface area contributed by atoms with Gasteiger partial charge >= 0.3 is 35.5 Å². The van der Waals surface area contributed by atoms with Crippen LogP contribution in [-0.4, -0.2) is 23.8 Å². The van der Waals surface area contributed by atoms with Gasteiger partial charge in [-0.05, 0) is 11.6 Å². The van der Waals surface area contributed by atoms with E-state index in [-0.39, 0.29) is 40.8 Å². The Morgan fingerprint density at radius 3 is 2.53 bits per heavy atom. The second-order valence-corrected chi connectivity index (χ2v) is 3.17. The summed E-state index contributed by atoms with van der Waals surface area (Å²) in [7, 11) is 1.01. The Morgan fingerprint density at radius 1 is 1.37 bits per heavy atom. The smallest absolute Gasteiger partial charge is 0.872 e. The first-order chi connectivity index (χ1) is 8.45. The average molecular weight is 273 g/mol. The molecular weight excluding hydrogens is 265 g/mol. The number of benzene rings is 1. The van der Waals surface area contributed by atoms with E-state index < -0.39 is 22.4 Å². The molecular formula is C11H8NNaO6. The quantitative estimate of drug-likeness (QED) is 0.110. The summed E-state index contributed by atoms with van der Waals surface area (Å²) in [5.74, 6) is -3.09. The van der Waals surface area contributed by atoms with Crippen LogP contribution in [0.5, 0.6) is 0 Å². The molecule has 0 aliphatic carbocycles. The zero-order chi connectivity index (χ0) is 13.7. The van der Waals surface area contributed by atoms with E-state index in [2.05, 4.69) is 4.74 Å². The Balaban J connectivity index is 0.00000324. The summed E-state index contributed by atoms with van der Waals surface area (Å²) < 4.78 is 4.13. The molecule has 0 bridgehead atoms. The third-order valence-corrected chi connectivity index (χ3v) is 1.99. The van der Waals surface area contributed by atoms with E-state index in [1.807, 2.05) is 0 Å². The molecule has 1 aromatic carbocycles. The zero-order valence-corrected chi connectivity index (χ0v) is 12.3. The molecule has 0 atom stereocenters. The maximum atomic E-state index is 11.5. The summed E-state index contributed by atoms with van der Waals surface area (Å²) in [6.45, 7) is 0. The first kappa shape index (κ1) is 17.3. The summed E-state index contributed by atoms with van der Waals surface area (Å²) in [5.41, 5.74) is -0.332. The molecule has 0 amide bonds. The normalized spacial score (nSPS) is 10.3. The van der Waals surface area contributed by atoms with Gasteiger partial charge in [0.15, 0.2) is 0 Å². The van der Waals surface area contributed by atoms with Gasteiger partial charge in [-0.1, -0.05) is 17.9 Å². The number of nitro benzene ring substituents is 1. The Kier molecular flexibility index (Phi) is 6.99. The number of carbonyl (C=O) groups is 2. The number of ether oxygens (including phenoxy) is 1. The maximum Gasteiger partial charge on any atom is 1.00 e. The fourth-order valence-corrected chi connectivity index (χ4v) is 1.13. The van der Waals surface area contributed by atoms with Crippen molar-refractivity contribution in [2.24, 2.45) is 0 Å². The number of hydrogen-bond acceptors (Lipinski definition) is 6. The molecule has 0 radical (unpaired) electrons. The Bertz CT molecular complexity index is 540. The SMILES string of the molecule is COC(=O)C(=O)/C=C(\[O-])c1cccc([N+](=O)[O-])c1.[Na+]. The predicted molar refractivity (Wildman–Crippen MR) is 58.1 cm³/mol. The first-order valence-electron chi connectivity index (χ1n) is 4.71. The van der Waals surface area contributed by atoms with Gasteiger partial charge < -0.3 is 9.84 Å².